The Morgan fingerprint density at radius 2 is 2.12 bits per heavy atom. The molecule has 0 spiro atoms. The molecule has 84 valence electrons. The first-order valence-electron chi connectivity index (χ1n) is 4.63. The first kappa shape index (κ1) is 11.2. The quantitative estimate of drug-likeness (QED) is 0.812. The second-order valence-electron chi connectivity index (χ2n) is 3.19. The zero-order valence-corrected chi connectivity index (χ0v) is 9.79. The van der Waals surface area contributed by atoms with Crippen molar-refractivity contribution in [1.82, 2.24) is 15.0 Å². The number of benzene rings is 1. The molecule has 0 atom stereocenters. The molecule has 3 nitrogen and oxygen atoms in total. The topological polar surface area (TPSA) is 30.7 Å². The molecule has 0 saturated carbocycles. The Hall–Kier alpha value is -1.30. The highest BCUT2D eigenvalue weighted by Gasteiger charge is 2.08. The summed E-state index contributed by atoms with van der Waals surface area (Å²) in [6, 6.07) is 3.22. The Kier molecular flexibility index (Phi) is 3.28. The summed E-state index contributed by atoms with van der Waals surface area (Å²) in [6.45, 7) is 0. The van der Waals surface area contributed by atoms with Crippen LogP contribution in [0.5, 0.6) is 0 Å². The molecule has 0 amide bonds. The number of halogens is 3. The Balaban J connectivity index is 2.38. The minimum Gasteiger partial charge on any atom is -0.217 e. The van der Waals surface area contributed by atoms with Gasteiger partial charge in [0.2, 0.25) is 0 Å². The van der Waals surface area contributed by atoms with Crippen molar-refractivity contribution in [2.45, 2.75) is 6.42 Å². The largest absolute Gasteiger partial charge is 0.217 e. The molecule has 0 radical (unpaired) electrons. The highest BCUT2D eigenvalue weighted by Crippen LogP contribution is 2.14. The van der Waals surface area contributed by atoms with Crippen LogP contribution in [-0.2, 0) is 6.42 Å². The smallest absolute Gasteiger partial charge is 0.149 e. The highest BCUT2D eigenvalue weighted by molar-refractivity contribution is 9.09. The molecule has 0 N–H and O–H groups in total. The van der Waals surface area contributed by atoms with E-state index in [9.17, 15) is 8.78 Å². The molecule has 16 heavy (non-hydrogen) atoms. The van der Waals surface area contributed by atoms with E-state index in [0.717, 1.165) is 29.2 Å². The molecular weight excluding hydrogens is 280 g/mol. The molecule has 0 fully saturated rings. The van der Waals surface area contributed by atoms with Crippen LogP contribution in [0, 0.1) is 11.6 Å². The fourth-order valence-corrected chi connectivity index (χ4v) is 1.70. The van der Waals surface area contributed by atoms with Gasteiger partial charge in [0.25, 0.3) is 0 Å². The lowest BCUT2D eigenvalue weighted by Gasteiger charge is -2.01. The highest BCUT2D eigenvalue weighted by atomic mass is 79.9. The molecule has 0 aliphatic rings. The third-order valence-corrected chi connectivity index (χ3v) is 2.44. The van der Waals surface area contributed by atoms with Crippen LogP contribution in [0.3, 0.4) is 0 Å². The predicted octanol–water partition coefficient (Wildman–Crippen LogP) is 2.48. The number of aryl methyl sites for hydroxylation is 1. The first-order valence-corrected chi connectivity index (χ1v) is 5.75. The third kappa shape index (κ3) is 2.27. The molecule has 6 heteroatoms. The van der Waals surface area contributed by atoms with Gasteiger partial charge in [-0.2, -0.15) is 0 Å². The van der Waals surface area contributed by atoms with Crippen LogP contribution >= 0.6 is 15.9 Å². The fraction of sp³-hybridized carbons (Fsp3) is 0.200. The Bertz CT molecular complexity index is 499. The van der Waals surface area contributed by atoms with Crippen molar-refractivity contribution in [3.63, 3.8) is 0 Å². The molecule has 1 aromatic heterocycles. The maximum Gasteiger partial charge on any atom is 0.149 e. The van der Waals surface area contributed by atoms with Gasteiger partial charge in [0.1, 0.15) is 17.3 Å². The van der Waals surface area contributed by atoms with Crippen LogP contribution in [0.1, 0.15) is 5.69 Å². The van der Waals surface area contributed by atoms with Crippen molar-refractivity contribution in [2.75, 3.05) is 5.33 Å². The Labute approximate surface area is 99.2 Å². The lowest BCUT2D eigenvalue weighted by Crippen LogP contribution is -1.99. The van der Waals surface area contributed by atoms with Gasteiger partial charge in [-0.05, 0) is 12.1 Å². The van der Waals surface area contributed by atoms with Crippen molar-refractivity contribution in [1.29, 1.82) is 0 Å². The number of hydrogen-bond donors (Lipinski definition) is 0. The summed E-state index contributed by atoms with van der Waals surface area (Å²) in [4.78, 5) is 0. The average molecular weight is 288 g/mol. The molecule has 0 bridgehead atoms. The summed E-state index contributed by atoms with van der Waals surface area (Å²) < 4.78 is 27.6. The van der Waals surface area contributed by atoms with Gasteiger partial charge in [0.05, 0.1) is 11.9 Å². The minimum absolute atomic E-state index is 0.0633. The van der Waals surface area contributed by atoms with Crippen molar-refractivity contribution in [3.8, 4) is 5.69 Å². The van der Waals surface area contributed by atoms with Gasteiger partial charge in [0.15, 0.2) is 0 Å². The predicted molar refractivity (Wildman–Crippen MR) is 58.8 cm³/mol. The second kappa shape index (κ2) is 4.69. The number of nitrogens with zero attached hydrogens (tertiary/aromatic N) is 3. The Morgan fingerprint density at radius 3 is 2.88 bits per heavy atom. The SMILES string of the molecule is Fc1ccc(F)c(-n2cc(CCBr)nn2)c1. The molecule has 1 aromatic carbocycles. The van der Waals surface area contributed by atoms with Gasteiger partial charge in [0, 0.05) is 17.8 Å². The molecule has 0 saturated heterocycles. The van der Waals surface area contributed by atoms with Crippen molar-refractivity contribution >= 4 is 15.9 Å². The molecule has 0 aliphatic heterocycles. The maximum absolute atomic E-state index is 13.4. The lowest BCUT2D eigenvalue weighted by molar-refractivity contribution is 0.584. The summed E-state index contributed by atoms with van der Waals surface area (Å²) in [5, 5.41) is 8.34. The van der Waals surface area contributed by atoms with Gasteiger partial charge in [-0.3, -0.25) is 0 Å². The maximum atomic E-state index is 13.4. The zero-order chi connectivity index (χ0) is 11.5. The summed E-state index contributed by atoms with van der Waals surface area (Å²) in [5.74, 6) is -1.04. The molecular formula is C10H8BrF2N3. The van der Waals surface area contributed by atoms with E-state index in [1.54, 1.807) is 6.20 Å². The van der Waals surface area contributed by atoms with Crippen LogP contribution < -0.4 is 0 Å². The van der Waals surface area contributed by atoms with Crippen molar-refractivity contribution in [2.24, 2.45) is 0 Å². The van der Waals surface area contributed by atoms with Crippen molar-refractivity contribution < 1.29 is 8.78 Å². The van der Waals surface area contributed by atoms with Crippen molar-refractivity contribution in [3.05, 3.63) is 41.7 Å². The molecule has 2 aromatic rings. The second-order valence-corrected chi connectivity index (χ2v) is 3.98. The van der Waals surface area contributed by atoms with E-state index in [-0.39, 0.29) is 5.69 Å². The zero-order valence-electron chi connectivity index (χ0n) is 8.20. The minimum atomic E-state index is -0.531. The van der Waals surface area contributed by atoms with Crippen LogP contribution in [-0.4, -0.2) is 20.3 Å². The van der Waals surface area contributed by atoms with E-state index >= 15 is 0 Å². The van der Waals surface area contributed by atoms with Gasteiger partial charge < -0.3 is 0 Å². The summed E-state index contributed by atoms with van der Waals surface area (Å²) in [7, 11) is 0. The van der Waals surface area contributed by atoms with E-state index in [2.05, 4.69) is 26.2 Å². The van der Waals surface area contributed by atoms with Crippen LogP contribution in [0.2, 0.25) is 0 Å². The number of rotatable bonds is 3. The fourth-order valence-electron chi connectivity index (χ4n) is 1.29. The van der Waals surface area contributed by atoms with Gasteiger partial charge in [-0.15, -0.1) is 5.10 Å². The number of hydrogen-bond acceptors (Lipinski definition) is 2. The molecule has 2 rings (SSSR count). The van der Waals surface area contributed by atoms with Crippen LogP contribution in [0.4, 0.5) is 8.78 Å². The molecule has 0 aliphatic carbocycles. The number of aromatic nitrogens is 3. The molecule has 1 heterocycles. The molecule has 0 unspecified atom stereocenters. The Morgan fingerprint density at radius 1 is 1.31 bits per heavy atom. The van der Waals surface area contributed by atoms with Crippen LogP contribution in [0.25, 0.3) is 5.69 Å². The standard InChI is InChI=1S/C10H8BrF2N3/c11-4-3-8-6-16(15-14-8)10-5-7(12)1-2-9(10)13/h1-2,5-6H,3-4H2. The lowest BCUT2D eigenvalue weighted by atomic mass is 10.3. The summed E-state index contributed by atoms with van der Waals surface area (Å²) in [6.07, 6.45) is 2.27. The van der Waals surface area contributed by atoms with Gasteiger partial charge in [-0.1, -0.05) is 21.1 Å². The summed E-state index contributed by atoms with van der Waals surface area (Å²) in [5.41, 5.74) is 0.786. The monoisotopic (exact) mass is 287 g/mol. The summed E-state index contributed by atoms with van der Waals surface area (Å²) >= 11 is 3.27. The van der Waals surface area contributed by atoms with E-state index in [1.807, 2.05) is 0 Å². The van der Waals surface area contributed by atoms with Crippen LogP contribution in [0.15, 0.2) is 24.4 Å². The third-order valence-electron chi connectivity index (χ3n) is 2.05. The van der Waals surface area contributed by atoms with E-state index in [0.29, 0.717) is 6.42 Å². The number of alkyl halides is 1. The first-order chi connectivity index (χ1) is 7.70. The van der Waals surface area contributed by atoms with Gasteiger partial charge >= 0.3 is 0 Å². The van der Waals surface area contributed by atoms with Gasteiger partial charge in [-0.25, -0.2) is 13.5 Å². The van der Waals surface area contributed by atoms with E-state index in [4.69, 9.17) is 0 Å². The normalized spacial score (nSPS) is 10.7. The van der Waals surface area contributed by atoms with E-state index < -0.39 is 11.6 Å². The average Bonchev–Trinajstić information content (AvgIpc) is 2.71. The van der Waals surface area contributed by atoms with E-state index in [1.165, 1.54) is 4.68 Å².